The number of carbonyl (C=O) groups excluding carboxylic acids is 1. The molecule has 0 aliphatic carbocycles. The van der Waals surface area contributed by atoms with E-state index in [2.05, 4.69) is 0 Å². The van der Waals surface area contributed by atoms with E-state index in [0.29, 0.717) is 0 Å². The molecule has 1 fully saturated rings. The van der Waals surface area contributed by atoms with Crippen molar-refractivity contribution in [2.24, 2.45) is 0 Å². The minimum Gasteiger partial charge on any atom is -0.356 e. The quantitative estimate of drug-likeness (QED) is 0.370. The second kappa shape index (κ2) is 4.86. The summed E-state index contributed by atoms with van der Waals surface area (Å²) in [7, 11) is 0. The molecule has 0 amide bonds. The van der Waals surface area contributed by atoms with E-state index in [-0.39, 0.29) is 23.1 Å². The first-order valence-corrected chi connectivity index (χ1v) is 6.16. The Morgan fingerprint density at radius 3 is 2.40 bits per heavy atom. The van der Waals surface area contributed by atoms with Crippen LogP contribution in [0.3, 0.4) is 0 Å². The number of nitro benzene ring substituents is 1. The Bertz CT molecular complexity index is 669. The van der Waals surface area contributed by atoms with Crippen molar-refractivity contribution in [2.45, 2.75) is 12.2 Å². The van der Waals surface area contributed by atoms with Gasteiger partial charge in [-0.15, -0.1) is 0 Å². The molecule has 1 heterocycles. The summed E-state index contributed by atoms with van der Waals surface area (Å²) in [5.41, 5.74) is 0.824. The summed E-state index contributed by atoms with van der Waals surface area (Å²) >= 11 is 0. The van der Waals surface area contributed by atoms with Crippen LogP contribution in [0.5, 0.6) is 0 Å². The van der Waals surface area contributed by atoms with Crippen LogP contribution in [0.25, 0.3) is 0 Å². The fraction of sp³-hybridized carbons (Fsp3) is 0.133. The maximum absolute atomic E-state index is 12.3. The number of Topliss-reactive ketones (excluding diaryl/α,β-unsaturated/α-hetero) is 1. The normalized spacial score (nSPS) is 20.4. The third-order valence-electron chi connectivity index (χ3n) is 3.24. The SMILES string of the molecule is O=C(c1ccccc1[N+](=O)[O-])[C@@H]1O[C@@H]1c1ccccc1. The number of ketones is 1. The fourth-order valence-corrected chi connectivity index (χ4v) is 2.20. The number of benzene rings is 2. The number of nitro groups is 1. The minimum absolute atomic E-state index is 0.0981. The lowest BCUT2D eigenvalue weighted by Crippen LogP contribution is -2.10. The number of hydrogen-bond acceptors (Lipinski definition) is 4. The maximum Gasteiger partial charge on any atom is 0.280 e. The first-order chi connectivity index (χ1) is 9.68. The Kier molecular flexibility index (Phi) is 3.04. The molecule has 0 radical (unpaired) electrons. The second-order valence-corrected chi connectivity index (χ2v) is 4.53. The van der Waals surface area contributed by atoms with Crippen LogP contribution in [0, 0.1) is 10.1 Å². The lowest BCUT2D eigenvalue weighted by Gasteiger charge is -1.99. The number of para-hydroxylation sites is 1. The molecule has 0 spiro atoms. The van der Waals surface area contributed by atoms with E-state index in [1.54, 1.807) is 6.07 Å². The van der Waals surface area contributed by atoms with Crippen molar-refractivity contribution in [1.29, 1.82) is 0 Å². The molecule has 5 heteroatoms. The van der Waals surface area contributed by atoms with Crippen LogP contribution in [-0.2, 0) is 4.74 Å². The molecule has 1 saturated heterocycles. The van der Waals surface area contributed by atoms with Gasteiger partial charge < -0.3 is 4.74 Å². The van der Waals surface area contributed by atoms with Gasteiger partial charge in [-0.2, -0.15) is 0 Å². The molecule has 0 aromatic heterocycles. The van der Waals surface area contributed by atoms with Gasteiger partial charge in [0.2, 0.25) is 5.78 Å². The van der Waals surface area contributed by atoms with Gasteiger partial charge in [0.05, 0.1) is 10.5 Å². The molecule has 0 bridgehead atoms. The van der Waals surface area contributed by atoms with E-state index < -0.39 is 11.0 Å². The molecular weight excluding hydrogens is 258 g/mol. The van der Waals surface area contributed by atoms with Crippen LogP contribution in [0.15, 0.2) is 54.6 Å². The number of rotatable bonds is 4. The molecule has 20 heavy (non-hydrogen) atoms. The summed E-state index contributed by atoms with van der Waals surface area (Å²) in [5, 5.41) is 10.9. The molecule has 0 saturated carbocycles. The van der Waals surface area contributed by atoms with Crippen molar-refractivity contribution in [3.8, 4) is 0 Å². The zero-order chi connectivity index (χ0) is 14.1. The zero-order valence-electron chi connectivity index (χ0n) is 10.4. The van der Waals surface area contributed by atoms with Gasteiger partial charge in [-0.1, -0.05) is 42.5 Å². The van der Waals surface area contributed by atoms with Crippen molar-refractivity contribution < 1.29 is 14.5 Å². The van der Waals surface area contributed by atoms with Gasteiger partial charge in [0.15, 0.2) is 6.10 Å². The molecule has 2 aromatic carbocycles. The van der Waals surface area contributed by atoms with Crippen molar-refractivity contribution in [1.82, 2.24) is 0 Å². The van der Waals surface area contributed by atoms with Crippen molar-refractivity contribution in [3.05, 3.63) is 75.8 Å². The zero-order valence-corrected chi connectivity index (χ0v) is 10.4. The number of nitrogens with zero attached hydrogens (tertiary/aromatic N) is 1. The molecule has 2 aromatic rings. The molecule has 5 nitrogen and oxygen atoms in total. The van der Waals surface area contributed by atoms with Crippen molar-refractivity contribution in [3.63, 3.8) is 0 Å². The summed E-state index contributed by atoms with van der Waals surface area (Å²) in [6.07, 6.45) is -0.929. The van der Waals surface area contributed by atoms with E-state index >= 15 is 0 Å². The van der Waals surface area contributed by atoms with Crippen molar-refractivity contribution in [2.75, 3.05) is 0 Å². The molecule has 1 aliphatic heterocycles. The molecular formula is C15H11NO4. The van der Waals surface area contributed by atoms with Gasteiger partial charge in [0, 0.05) is 6.07 Å². The number of carbonyl (C=O) groups is 1. The van der Waals surface area contributed by atoms with E-state index in [4.69, 9.17) is 4.74 Å². The standard InChI is InChI=1S/C15H11NO4/c17-13(11-8-4-5-9-12(11)16(18)19)15-14(20-15)10-6-2-1-3-7-10/h1-9,14-15H/t14-,15+/m1/s1. The molecule has 2 atom stereocenters. The van der Waals surface area contributed by atoms with Crippen LogP contribution >= 0.6 is 0 Å². The summed E-state index contributed by atoms with van der Waals surface area (Å²) in [5.74, 6) is -0.342. The summed E-state index contributed by atoms with van der Waals surface area (Å²) < 4.78 is 5.38. The van der Waals surface area contributed by atoms with Crippen LogP contribution in [0.1, 0.15) is 22.0 Å². The van der Waals surface area contributed by atoms with Gasteiger partial charge >= 0.3 is 0 Å². The predicted octanol–water partition coefficient (Wildman–Crippen LogP) is 2.92. The van der Waals surface area contributed by atoms with Gasteiger partial charge in [0.1, 0.15) is 6.10 Å². The predicted molar refractivity (Wildman–Crippen MR) is 71.5 cm³/mol. The van der Waals surface area contributed by atoms with Gasteiger partial charge in [0.25, 0.3) is 5.69 Å². The molecule has 1 aliphatic rings. The van der Waals surface area contributed by atoms with Crippen LogP contribution in [0.2, 0.25) is 0 Å². The Morgan fingerprint density at radius 2 is 1.70 bits per heavy atom. The van der Waals surface area contributed by atoms with Gasteiger partial charge in [-0.25, -0.2) is 0 Å². The molecule has 0 unspecified atom stereocenters. The van der Waals surface area contributed by atoms with E-state index in [0.717, 1.165) is 5.56 Å². The number of epoxide rings is 1. The summed E-state index contributed by atoms with van der Waals surface area (Å²) in [6.45, 7) is 0. The van der Waals surface area contributed by atoms with Crippen LogP contribution in [-0.4, -0.2) is 16.8 Å². The largest absolute Gasteiger partial charge is 0.356 e. The Morgan fingerprint density at radius 1 is 1.05 bits per heavy atom. The molecule has 3 rings (SSSR count). The maximum atomic E-state index is 12.3. The average Bonchev–Trinajstić information content (AvgIpc) is 3.28. The third kappa shape index (κ3) is 2.19. The number of ether oxygens (including phenoxy) is 1. The van der Waals surface area contributed by atoms with Crippen LogP contribution < -0.4 is 0 Å². The highest BCUT2D eigenvalue weighted by Gasteiger charge is 2.47. The average molecular weight is 269 g/mol. The summed E-state index contributed by atoms with van der Waals surface area (Å²) in [4.78, 5) is 22.7. The Labute approximate surface area is 115 Å². The first-order valence-electron chi connectivity index (χ1n) is 6.16. The van der Waals surface area contributed by atoms with E-state index in [1.807, 2.05) is 30.3 Å². The highest BCUT2D eigenvalue weighted by molar-refractivity contribution is 6.04. The van der Waals surface area contributed by atoms with Gasteiger partial charge in [-0.05, 0) is 11.6 Å². The lowest BCUT2D eigenvalue weighted by molar-refractivity contribution is -0.385. The van der Waals surface area contributed by atoms with Gasteiger partial charge in [-0.3, -0.25) is 14.9 Å². The topological polar surface area (TPSA) is 72.7 Å². The highest BCUT2D eigenvalue weighted by atomic mass is 16.6. The molecule has 0 N–H and O–H groups in total. The molecule has 100 valence electrons. The highest BCUT2D eigenvalue weighted by Crippen LogP contribution is 2.41. The lowest BCUT2D eigenvalue weighted by atomic mass is 10.0. The second-order valence-electron chi connectivity index (χ2n) is 4.53. The van der Waals surface area contributed by atoms with Crippen molar-refractivity contribution >= 4 is 11.5 Å². The Hall–Kier alpha value is -2.53. The van der Waals surface area contributed by atoms with Crippen LogP contribution in [0.4, 0.5) is 5.69 Å². The number of hydrogen-bond donors (Lipinski definition) is 0. The first kappa shape index (κ1) is 12.5. The monoisotopic (exact) mass is 269 g/mol. The fourth-order valence-electron chi connectivity index (χ4n) is 2.20. The Balaban J connectivity index is 1.84. The minimum atomic E-state index is -0.626. The summed E-state index contributed by atoms with van der Waals surface area (Å²) in [6, 6.07) is 15.3. The van der Waals surface area contributed by atoms with E-state index in [9.17, 15) is 14.9 Å². The third-order valence-corrected chi connectivity index (χ3v) is 3.24. The van der Waals surface area contributed by atoms with E-state index in [1.165, 1.54) is 18.2 Å². The smallest absolute Gasteiger partial charge is 0.280 e.